The molecule has 2 aromatic heterocycles. The predicted molar refractivity (Wildman–Crippen MR) is 130 cm³/mol. The molecule has 0 saturated carbocycles. The number of carbonyl (C=O) groups excluding carboxylic acids is 1. The fourth-order valence-corrected chi connectivity index (χ4v) is 4.73. The number of aryl methyl sites for hydroxylation is 1. The molecule has 0 saturated heterocycles. The van der Waals surface area contributed by atoms with Crippen molar-refractivity contribution in [2.24, 2.45) is 0 Å². The summed E-state index contributed by atoms with van der Waals surface area (Å²) in [6.45, 7) is 4.85. The molecule has 0 aliphatic heterocycles. The van der Waals surface area contributed by atoms with Crippen molar-refractivity contribution in [1.82, 2.24) is 4.90 Å². The van der Waals surface area contributed by atoms with Gasteiger partial charge in [-0.15, -0.1) is 0 Å². The number of furan rings is 2. The Morgan fingerprint density at radius 3 is 2.43 bits per heavy atom. The van der Waals surface area contributed by atoms with E-state index in [0.717, 1.165) is 17.5 Å². The average molecular weight is 494 g/mol. The fourth-order valence-electron chi connectivity index (χ4n) is 3.55. The monoisotopic (exact) mass is 493 g/mol. The minimum atomic E-state index is -3.90. The molecule has 0 bridgehead atoms. The van der Waals surface area contributed by atoms with Gasteiger partial charge in [0.15, 0.2) is 5.76 Å². The molecule has 182 valence electrons. The highest BCUT2D eigenvalue weighted by Gasteiger charge is 2.27. The number of nitrogens with zero attached hydrogens (tertiary/aromatic N) is 1. The molecule has 4 aromatic rings. The number of sulfone groups is 1. The third-order valence-corrected chi connectivity index (χ3v) is 7.04. The van der Waals surface area contributed by atoms with E-state index in [1.165, 1.54) is 35.4 Å². The van der Waals surface area contributed by atoms with E-state index in [4.69, 9.17) is 13.6 Å². The number of hydrogen-bond acceptors (Lipinski definition) is 6. The molecule has 2 aromatic carbocycles. The van der Waals surface area contributed by atoms with Gasteiger partial charge >= 0.3 is 0 Å². The minimum absolute atomic E-state index is 0.0748. The van der Waals surface area contributed by atoms with Crippen LogP contribution in [0.3, 0.4) is 0 Å². The van der Waals surface area contributed by atoms with Gasteiger partial charge in [0.2, 0.25) is 14.9 Å². The molecular formula is C27H27NO6S. The molecule has 0 radical (unpaired) electrons. The van der Waals surface area contributed by atoms with Crippen molar-refractivity contribution < 1.29 is 26.8 Å². The summed E-state index contributed by atoms with van der Waals surface area (Å²) in [5.74, 6) is 0.740. The summed E-state index contributed by atoms with van der Waals surface area (Å²) in [5.41, 5.74) is 1.76. The van der Waals surface area contributed by atoms with Crippen molar-refractivity contribution in [2.75, 3.05) is 6.61 Å². The number of amides is 1. The summed E-state index contributed by atoms with van der Waals surface area (Å²) in [4.78, 5) is 15.1. The molecule has 0 aliphatic rings. The van der Waals surface area contributed by atoms with Gasteiger partial charge in [0.1, 0.15) is 11.5 Å². The van der Waals surface area contributed by atoms with Crippen LogP contribution < -0.4 is 4.74 Å². The first-order valence-electron chi connectivity index (χ1n) is 11.3. The lowest BCUT2D eigenvalue weighted by Gasteiger charge is -2.22. The molecule has 1 amide bonds. The number of carbonyl (C=O) groups is 1. The zero-order chi connectivity index (χ0) is 24.8. The Hall–Kier alpha value is -3.78. The van der Waals surface area contributed by atoms with Crippen LogP contribution in [0.15, 0.2) is 97.9 Å². The van der Waals surface area contributed by atoms with Crippen LogP contribution in [0.25, 0.3) is 0 Å². The van der Waals surface area contributed by atoms with Crippen LogP contribution in [-0.4, -0.2) is 25.8 Å². The quantitative estimate of drug-likeness (QED) is 0.284. The van der Waals surface area contributed by atoms with Crippen LogP contribution >= 0.6 is 0 Å². The van der Waals surface area contributed by atoms with Gasteiger partial charge in [0.05, 0.1) is 30.9 Å². The summed E-state index contributed by atoms with van der Waals surface area (Å²) < 4.78 is 42.9. The Kier molecular flexibility index (Phi) is 7.41. The van der Waals surface area contributed by atoms with E-state index in [-0.39, 0.29) is 28.8 Å². The first kappa shape index (κ1) is 24.3. The van der Waals surface area contributed by atoms with Gasteiger partial charge in [-0.25, -0.2) is 8.42 Å². The van der Waals surface area contributed by atoms with Crippen molar-refractivity contribution in [2.45, 2.75) is 43.3 Å². The Labute approximate surface area is 204 Å². The van der Waals surface area contributed by atoms with E-state index >= 15 is 0 Å². The maximum absolute atomic E-state index is 13.5. The molecule has 2 heterocycles. The van der Waals surface area contributed by atoms with E-state index < -0.39 is 15.7 Å². The van der Waals surface area contributed by atoms with Gasteiger partial charge in [-0.05, 0) is 55.8 Å². The Bertz CT molecular complexity index is 1370. The van der Waals surface area contributed by atoms with Crippen LogP contribution in [-0.2, 0) is 22.9 Å². The maximum atomic E-state index is 13.5. The molecule has 4 rings (SSSR count). The Morgan fingerprint density at radius 1 is 0.943 bits per heavy atom. The average Bonchev–Trinajstić information content (AvgIpc) is 3.56. The van der Waals surface area contributed by atoms with E-state index in [1.807, 2.05) is 38.1 Å². The normalized spacial score (nSPS) is 11.4. The van der Waals surface area contributed by atoms with E-state index in [2.05, 4.69) is 0 Å². The van der Waals surface area contributed by atoms with Crippen LogP contribution in [0.5, 0.6) is 5.75 Å². The number of hydrogen-bond donors (Lipinski definition) is 0. The Morgan fingerprint density at radius 2 is 1.71 bits per heavy atom. The van der Waals surface area contributed by atoms with Crippen molar-refractivity contribution in [3.63, 3.8) is 0 Å². The molecule has 0 aliphatic carbocycles. The minimum Gasteiger partial charge on any atom is -0.493 e. The molecule has 0 spiro atoms. The summed E-state index contributed by atoms with van der Waals surface area (Å²) in [5, 5.41) is -0.283. The second-order valence-corrected chi connectivity index (χ2v) is 10.0. The molecular weight excluding hydrogens is 466 g/mol. The second kappa shape index (κ2) is 10.7. The maximum Gasteiger partial charge on any atom is 0.290 e. The fraction of sp³-hybridized carbons (Fsp3) is 0.222. The Balaban J connectivity index is 1.62. The smallest absolute Gasteiger partial charge is 0.290 e. The number of rotatable bonds is 10. The molecule has 0 fully saturated rings. The first-order valence-corrected chi connectivity index (χ1v) is 12.8. The van der Waals surface area contributed by atoms with E-state index in [1.54, 1.807) is 24.3 Å². The summed E-state index contributed by atoms with van der Waals surface area (Å²) in [7, 11) is -3.90. The molecule has 0 unspecified atom stereocenters. The van der Waals surface area contributed by atoms with Crippen LogP contribution in [0.2, 0.25) is 0 Å². The highest BCUT2D eigenvalue weighted by atomic mass is 32.2. The highest BCUT2D eigenvalue weighted by Crippen LogP contribution is 2.26. The summed E-state index contributed by atoms with van der Waals surface area (Å²) in [6.07, 6.45) is 2.39. The van der Waals surface area contributed by atoms with Crippen molar-refractivity contribution >= 4 is 15.7 Å². The van der Waals surface area contributed by atoms with Gasteiger partial charge in [-0.1, -0.05) is 42.8 Å². The van der Waals surface area contributed by atoms with Crippen LogP contribution in [0.1, 0.15) is 40.8 Å². The number of para-hydroxylation sites is 1. The SMILES string of the molecule is CCCOc1ccccc1CN(Cc1ccco1)C(=O)c1ccc(S(=O)(=O)c2ccc(C)cc2)o1. The molecule has 0 atom stereocenters. The zero-order valence-corrected chi connectivity index (χ0v) is 20.5. The topological polar surface area (TPSA) is 90.0 Å². The number of benzene rings is 2. The third kappa shape index (κ3) is 5.66. The van der Waals surface area contributed by atoms with Crippen LogP contribution in [0, 0.1) is 6.92 Å². The van der Waals surface area contributed by atoms with E-state index in [9.17, 15) is 13.2 Å². The first-order chi connectivity index (χ1) is 16.9. The van der Waals surface area contributed by atoms with Crippen molar-refractivity contribution in [1.29, 1.82) is 0 Å². The molecule has 35 heavy (non-hydrogen) atoms. The molecule has 0 N–H and O–H groups in total. The van der Waals surface area contributed by atoms with Gasteiger partial charge in [0, 0.05) is 5.56 Å². The van der Waals surface area contributed by atoms with Crippen molar-refractivity contribution in [3.8, 4) is 5.75 Å². The van der Waals surface area contributed by atoms with Gasteiger partial charge < -0.3 is 18.5 Å². The third-order valence-electron chi connectivity index (χ3n) is 5.40. The highest BCUT2D eigenvalue weighted by molar-refractivity contribution is 7.91. The predicted octanol–water partition coefficient (Wildman–Crippen LogP) is 5.65. The van der Waals surface area contributed by atoms with E-state index in [0.29, 0.717) is 18.1 Å². The standard InChI is InChI=1S/C27H27NO6S/c1-3-16-33-24-9-5-4-7-21(24)18-28(19-22-8-6-17-32-22)27(29)25-14-15-26(34-25)35(30,31)23-12-10-20(2)11-13-23/h4-15,17H,3,16,18-19H2,1-2H3. The lowest BCUT2D eigenvalue weighted by atomic mass is 10.1. The lowest BCUT2D eigenvalue weighted by molar-refractivity contribution is 0.0678. The lowest BCUT2D eigenvalue weighted by Crippen LogP contribution is -2.30. The summed E-state index contributed by atoms with van der Waals surface area (Å²) in [6, 6.07) is 20.2. The second-order valence-electron chi connectivity index (χ2n) is 8.13. The molecule has 7 nitrogen and oxygen atoms in total. The van der Waals surface area contributed by atoms with Crippen molar-refractivity contribution in [3.05, 3.63) is 102 Å². The van der Waals surface area contributed by atoms with Gasteiger partial charge in [-0.2, -0.15) is 0 Å². The summed E-state index contributed by atoms with van der Waals surface area (Å²) >= 11 is 0. The number of ether oxygens (including phenoxy) is 1. The largest absolute Gasteiger partial charge is 0.493 e. The van der Waals surface area contributed by atoms with Crippen LogP contribution in [0.4, 0.5) is 0 Å². The molecule has 8 heteroatoms. The van der Waals surface area contributed by atoms with Gasteiger partial charge in [-0.3, -0.25) is 4.79 Å². The van der Waals surface area contributed by atoms with Gasteiger partial charge in [0.25, 0.3) is 5.91 Å². The zero-order valence-electron chi connectivity index (χ0n) is 19.6.